The standard InChI is InChI=1S/C11H15BrClN3O/c1-11(2,3)15-6-9(17)16-8-4-7(12)5-14-10(8)13/h4-5,15H,6H2,1-3H3,(H,16,17). The Bertz CT molecular complexity index is 418. The lowest BCUT2D eigenvalue weighted by Crippen LogP contribution is -2.41. The van der Waals surface area contributed by atoms with Gasteiger partial charge < -0.3 is 10.6 Å². The molecule has 94 valence electrons. The summed E-state index contributed by atoms with van der Waals surface area (Å²) in [7, 11) is 0. The Labute approximate surface area is 114 Å². The van der Waals surface area contributed by atoms with Gasteiger partial charge in [-0.3, -0.25) is 4.79 Å². The molecule has 1 amide bonds. The maximum atomic E-state index is 11.6. The second kappa shape index (κ2) is 5.80. The van der Waals surface area contributed by atoms with E-state index in [0.29, 0.717) is 5.69 Å². The first kappa shape index (κ1) is 14.4. The molecule has 1 aromatic rings. The molecule has 4 nitrogen and oxygen atoms in total. The van der Waals surface area contributed by atoms with Crippen LogP contribution in [0, 0.1) is 0 Å². The average molecular weight is 321 g/mol. The van der Waals surface area contributed by atoms with Gasteiger partial charge in [0.25, 0.3) is 0 Å². The van der Waals surface area contributed by atoms with Gasteiger partial charge in [0, 0.05) is 16.2 Å². The third-order valence-electron chi connectivity index (χ3n) is 1.86. The second-order valence-electron chi connectivity index (χ2n) is 4.64. The molecule has 0 bridgehead atoms. The van der Waals surface area contributed by atoms with E-state index in [-0.39, 0.29) is 23.1 Å². The minimum Gasteiger partial charge on any atom is -0.322 e. The first-order valence-electron chi connectivity index (χ1n) is 5.14. The van der Waals surface area contributed by atoms with Gasteiger partial charge in [-0.25, -0.2) is 4.98 Å². The topological polar surface area (TPSA) is 54.0 Å². The van der Waals surface area contributed by atoms with E-state index in [4.69, 9.17) is 11.6 Å². The zero-order valence-corrected chi connectivity index (χ0v) is 12.3. The van der Waals surface area contributed by atoms with Crippen molar-refractivity contribution >= 4 is 39.1 Å². The fourth-order valence-corrected chi connectivity index (χ4v) is 1.53. The van der Waals surface area contributed by atoms with E-state index < -0.39 is 0 Å². The van der Waals surface area contributed by atoms with Crippen LogP contribution in [-0.4, -0.2) is 23.0 Å². The van der Waals surface area contributed by atoms with Crippen LogP contribution in [0.1, 0.15) is 20.8 Å². The third-order valence-corrected chi connectivity index (χ3v) is 2.59. The molecule has 0 aliphatic rings. The predicted molar refractivity (Wildman–Crippen MR) is 73.3 cm³/mol. The Hall–Kier alpha value is -0.650. The molecule has 6 heteroatoms. The summed E-state index contributed by atoms with van der Waals surface area (Å²) >= 11 is 9.13. The van der Waals surface area contributed by atoms with E-state index in [1.165, 1.54) is 0 Å². The van der Waals surface area contributed by atoms with Gasteiger partial charge in [-0.2, -0.15) is 0 Å². The van der Waals surface area contributed by atoms with Crippen LogP contribution >= 0.6 is 27.5 Å². The zero-order valence-electron chi connectivity index (χ0n) is 9.97. The summed E-state index contributed by atoms with van der Waals surface area (Å²) in [6, 6.07) is 1.71. The summed E-state index contributed by atoms with van der Waals surface area (Å²) in [6.07, 6.45) is 1.57. The highest BCUT2D eigenvalue weighted by Crippen LogP contribution is 2.22. The molecule has 0 spiro atoms. The van der Waals surface area contributed by atoms with Crippen LogP contribution in [0.3, 0.4) is 0 Å². The van der Waals surface area contributed by atoms with Crippen LogP contribution in [0.15, 0.2) is 16.7 Å². The molecule has 1 heterocycles. The molecule has 0 aliphatic heterocycles. The van der Waals surface area contributed by atoms with Crippen LogP contribution in [0.2, 0.25) is 5.15 Å². The van der Waals surface area contributed by atoms with E-state index >= 15 is 0 Å². The minimum absolute atomic E-state index is 0.101. The van der Waals surface area contributed by atoms with Gasteiger partial charge in [-0.05, 0) is 42.8 Å². The van der Waals surface area contributed by atoms with E-state index in [2.05, 4.69) is 31.5 Å². The van der Waals surface area contributed by atoms with Crippen LogP contribution in [0.25, 0.3) is 0 Å². The van der Waals surface area contributed by atoms with Gasteiger partial charge in [0.2, 0.25) is 5.91 Å². The molecule has 17 heavy (non-hydrogen) atoms. The second-order valence-corrected chi connectivity index (χ2v) is 5.92. The molecule has 1 rings (SSSR count). The van der Waals surface area contributed by atoms with Crippen molar-refractivity contribution in [3.63, 3.8) is 0 Å². The number of halogens is 2. The van der Waals surface area contributed by atoms with Crippen molar-refractivity contribution in [2.45, 2.75) is 26.3 Å². The Morgan fingerprint density at radius 2 is 2.18 bits per heavy atom. The van der Waals surface area contributed by atoms with Gasteiger partial charge in [0.05, 0.1) is 12.2 Å². The van der Waals surface area contributed by atoms with Crippen molar-refractivity contribution in [3.8, 4) is 0 Å². The quantitative estimate of drug-likeness (QED) is 0.842. The molecular weight excluding hydrogens is 305 g/mol. The number of hydrogen-bond donors (Lipinski definition) is 2. The zero-order chi connectivity index (χ0) is 13.1. The van der Waals surface area contributed by atoms with Gasteiger partial charge in [0.15, 0.2) is 5.15 Å². The molecule has 0 unspecified atom stereocenters. The van der Waals surface area contributed by atoms with Crippen molar-refractivity contribution < 1.29 is 4.79 Å². The lowest BCUT2D eigenvalue weighted by molar-refractivity contribution is -0.115. The summed E-state index contributed by atoms with van der Waals surface area (Å²) in [6.45, 7) is 6.21. The average Bonchev–Trinajstić information content (AvgIpc) is 2.20. The highest BCUT2D eigenvalue weighted by molar-refractivity contribution is 9.10. The number of pyridine rings is 1. The number of nitrogens with one attached hydrogen (secondary N) is 2. The van der Waals surface area contributed by atoms with Gasteiger partial charge in [-0.15, -0.1) is 0 Å². The number of anilines is 1. The number of aromatic nitrogens is 1. The van der Waals surface area contributed by atoms with Crippen LogP contribution in [0.5, 0.6) is 0 Å². The maximum Gasteiger partial charge on any atom is 0.238 e. The fraction of sp³-hybridized carbons (Fsp3) is 0.455. The smallest absolute Gasteiger partial charge is 0.238 e. The summed E-state index contributed by atoms with van der Waals surface area (Å²) in [4.78, 5) is 15.6. The van der Waals surface area contributed by atoms with Crippen molar-refractivity contribution in [1.82, 2.24) is 10.3 Å². The first-order chi connectivity index (χ1) is 7.78. The van der Waals surface area contributed by atoms with E-state index in [0.717, 1.165) is 4.47 Å². The monoisotopic (exact) mass is 319 g/mol. The molecule has 0 aliphatic carbocycles. The first-order valence-corrected chi connectivity index (χ1v) is 6.31. The summed E-state index contributed by atoms with van der Waals surface area (Å²) < 4.78 is 0.765. The van der Waals surface area contributed by atoms with Crippen molar-refractivity contribution in [2.24, 2.45) is 0 Å². The number of carbonyl (C=O) groups is 1. The molecule has 0 saturated carbocycles. The van der Waals surface area contributed by atoms with E-state index in [1.807, 2.05) is 20.8 Å². The van der Waals surface area contributed by atoms with Crippen LogP contribution in [-0.2, 0) is 4.79 Å². The van der Waals surface area contributed by atoms with Crippen molar-refractivity contribution in [3.05, 3.63) is 21.9 Å². The van der Waals surface area contributed by atoms with Gasteiger partial charge in [0.1, 0.15) is 0 Å². The molecule has 2 N–H and O–H groups in total. The molecule has 0 fully saturated rings. The number of hydrogen-bond acceptors (Lipinski definition) is 3. The molecule has 0 saturated heterocycles. The van der Waals surface area contributed by atoms with Crippen LogP contribution in [0.4, 0.5) is 5.69 Å². The summed E-state index contributed by atoms with van der Waals surface area (Å²) in [5.41, 5.74) is 0.401. The lowest BCUT2D eigenvalue weighted by Gasteiger charge is -2.20. The van der Waals surface area contributed by atoms with E-state index in [9.17, 15) is 4.79 Å². The Morgan fingerprint density at radius 3 is 2.76 bits per heavy atom. The SMILES string of the molecule is CC(C)(C)NCC(=O)Nc1cc(Br)cnc1Cl. The van der Waals surface area contributed by atoms with Gasteiger partial charge in [-0.1, -0.05) is 11.6 Å². The number of nitrogens with zero attached hydrogens (tertiary/aromatic N) is 1. The maximum absolute atomic E-state index is 11.6. The highest BCUT2D eigenvalue weighted by Gasteiger charge is 2.12. The molecule has 1 aromatic heterocycles. The highest BCUT2D eigenvalue weighted by atomic mass is 79.9. The summed E-state index contributed by atoms with van der Waals surface area (Å²) in [5.74, 6) is -0.151. The summed E-state index contributed by atoms with van der Waals surface area (Å²) in [5, 5.41) is 6.06. The van der Waals surface area contributed by atoms with E-state index in [1.54, 1.807) is 12.3 Å². The molecular formula is C11H15BrClN3O. The van der Waals surface area contributed by atoms with Gasteiger partial charge >= 0.3 is 0 Å². The predicted octanol–water partition coefficient (Wildman–Crippen LogP) is 2.82. The minimum atomic E-state index is -0.151. The van der Waals surface area contributed by atoms with Crippen LogP contribution < -0.4 is 10.6 Å². The number of rotatable bonds is 3. The molecule has 0 aromatic carbocycles. The normalized spacial score (nSPS) is 11.4. The number of carbonyl (C=O) groups excluding carboxylic acids is 1. The lowest BCUT2D eigenvalue weighted by atomic mass is 10.1. The Balaban J connectivity index is 2.59. The Kier molecular flexibility index (Phi) is 4.91. The molecule has 0 atom stereocenters. The third kappa shape index (κ3) is 5.48. The Morgan fingerprint density at radius 1 is 1.53 bits per heavy atom. The van der Waals surface area contributed by atoms with Crippen molar-refractivity contribution in [2.75, 3.05) is 11.9 Å². The largest absolute Gasteiger partial charge is 0.322 e. The fourth-order valence-electron chi connectivity index (χ4n) is 1.05. The molecule has 0 radical (unpaired) electrons. The van der Waals surface area contributed by atoms with Crippen molar-refractivity contribution in [1.29, 1.82) is 0 Å². The number of amides is 1.